The van der Waals surface area contributed by atoms with Crippen molar-refractivity contribution in [2.24, 2.45) is 0 Å². The SMILES string of the molecule is COc1ccc(F)cc1C(C)NCc1cnco1. The lowest BCUT2D eigenvalue weighted by Crippen LogP contribution is -2.18. The number of rotatable bonds is 5. The maximum absolute atomic E-state index is 13.2. The van der Waals surface area contributed by atoms with Crippen molar-refractivity contribution in [2.75, 3.05) is 7.11 Å². The fourth-order valence-electron chi connectivity index (χ4n) is 1.74. The summed E-state index contributed by atoms with van der Waals surface area (Å²) in [7, 11) is 1.57. The zero-order valence-corrected chi connectivity index (χ0v) is 10.3. The van der Waals surface area contributed by atoms with E-state index in [1.165, 1.54) is 18.5 Å². The summed E-state index contributed by atoms with van der Waals surface area (Å²) < 4.78 is 23.6. The Kier molecular flexibility index (Phi) is 3.94. The van der Waals surface area contributed by atoms with Crippen molar-refractivity contribution in [1.82, 2.24) is 10.3 Å². The highest BCUT2D eigenvalue weighted by molar-refractivity contribution is 5.36. The largest absolute Gasteiger partial charge is 0.496 e. The Hall–Kier alpha value is -1.88. The lowest BCUT2D eigenvalue weighted by Gasteiger charge is -2.16. The van der Waals surface area contributed by atoms with E-state index in [4.69, 9.17) is 9.15 Å². The number of aromatic nitrogens is 1. The molecule has 4 nitrogen and oxygen atoms in total. The van der Waals surface area contributed by atoms with Crippen LogP contribution in [0.15, 0.2) is 35.2 Å². The van der Waals surface area contributed by atoms with E-state index in [9.17, 15) is 4.39 Å². The van der Waals surface area contributed by atoms with E-state index in [2.05, 4.69) is 10.3 Å². The van der Waals surface area contributed by atoms with Gasteiger partial charge in [0, 0.05) is 11.6 Å². The average molecular weight is 250 g/mol. The summed E-state index contributed by atoms with van der Waals surface area (Å²) >= 11 is 0. The minimum absolute atomic E-state index is 0.0549. The van der Waals surface area contributed by atoms with Crippen LogP contribution >= 0.6 is 0 Å². The fraction of sp³-hybridized carbons (Fsp3) is 0.308. The molecule has 1 N–H and O–H groups in total. The van der Waals surface area contributed by atoms with Gasteiger partial charge >= 0.3 is 0 Å². The van der Waals surface area contributed by atoms with Crippen molar-refractivity contribution in [3.05, 3.63) is 47.9 Å². The van der Waals surface area contributed by atoms with Gasteiger partial charge in [0.15, 0.2) is 6.39 Å². The predicted octanol–water partition coefficient (Wildman–Crippen LogP) is 2.67. The molecule has 96 valence electrons. The first kappa shape index (κ1) is 12.6. The van der Waals surface area contributed by atoms with Crippen molar-refractivity contribution in [3.8, 4) is 5.75 Å². The third kappa shape index (κ3) is 2.87. The molecule has 0 saturated carbocycles. The van der Waals surface area contributed by atoms with E-state index in [0.29, 0.717) is 12.3 Å². The molecule has 0 radical (unpaired) electrons. The number of methoxy groups -OCH3 is 1. The second-order valence-corrected chi connectivity index (χ2v) is 3.96. The van der Waals surface area contributed by atoms with Crippen molar-refractivity contribution in [1.29, 1.82) is 0 Å². The van der Waals surface area contributed by atoms with Gasteiger partial charge in [-0.25, -0.2) is 9.37 Å². The van der Waals surface area contributed by atoms with Crippen LogP contribution in [0.25, 0.3) is 0 Å². The number of nitrogens with zero attached hydrogens (tertiary/aromatic N) is 1. The Labute approximate surface area is 105 Å². The highest BCUT2D eigenvalue weighted by Crippen LogP contribution is 2.25. The summed E-state index contributed by atoms with van der Waals surface area (Å²) in [4.78, 5) is 3.83. The van der Waals surface area contributed by atoms with E-state index >= 15 is 0 Å². The van der Waals surface area contributed by atoms with Gasteiger partial charge in [-0.15, -0.1) is 0 Å². The minimum Gasteiger partial charge on any atom is -0.496 e. The molecule has 5 heteroatoms. The molecule has 0 bridgehead atoms. The summed E-state index contributed by atoms with van der Waals surface area (Å²) in [6.07, 6.45) is 3.02. The van der Waals surface area contributed by atoms with Gasteiger partial charge in [0.2, 0.25) is 0 Å². The molecule has 1 aromatic heterocycles. The second kappa shape index (κ2) is 5.64. The monoisotopic (exact) mass is 250 g/mol. The maximum atomic E-state index is 13.2. The van der Waals surface area contributed by atoms with Crippen LogP contribution in [0, 0.1) is 5.82 Å². The molecule has 0 aliphatic heterocycles. The fourth-order valence-corrected chi connectivity index (χ4v) is 1.74. The van der Waals surface area contributed by atoms with Gasteiger partial charge in [-0.3, -0.25) is 0 Å². The molecule has 0 saturated heterocycles. The first-order chi connectivity index (χ1) is 8.70. The summed E-state index contributed by atoms with van der Waals surface area (Å²) in [6, 6.07) is 4.42. The Morgan fingerprint density at radius 3 is 3.00 bits per heavy atom. The normalized spacial score (nSPS) is 12.4. The van der Waals surface area contributed by atoms with Crippen LogP contribution in [0.5, 0.6) is 5.75 Å². The van der Waals surface area contributed by atoms with Gasteiger partial charge in [-0.2, -0.15) is 0 Å². The number of ether oxygens (including phenoxy) is 1. The summed E-state index contributed by atoms with van der Waals surface area (Å²) in [5, 5.41) is 3.22. The Bertz CT molecular complexity index is 500. The third-order valence-corrected chi connectivity index (χ3v) is 2.72. The van der Waals surface area contributed by atoms with Crippen LogP contribution < -0.4 is 10.1 Å². The highest BCUT2D eigenvalue weighted by Gasteiger charge is 2.12. The lowest BCUT2D eigenvalue weighted by atomic mass is 10.1. The van der Waals surface area contributed by atoms with E-state index in [1.807, 2.05) is 6.92 Å². The quantitative estimate of drug-likeness (QED) is 0.886. The van der Waals surface area contributed by atoms with Gasteiger partial charge in [-0.1, -0.05) is 0 Å². The molecule has 2 rings (SSSR count). The van der Waals surface area contributed by atoms with Crippen LogP contribution in [0.1, 0.15) is 24.3 Å². The van der Waals surface area contributed by atoms with Gasteiger partial charge in [0.1, 0.15) is 17.3 Å². The maximum Gasteiger partial charge on any atom is 0.180 e. The highest BCUT2D eigenvalue weighted by atomic mass is 19.1. The Balaban J connectivity index is 2.08. The number of oxazole rings is 1. The molecule has 2 aromatic rings. The summed E-state index contributed by atoms with van der Waals surface area (Å²) in [5.74, 6) is 1.12. The van der Waals surface area contributed by atoms with Crippen LogP contribution in [0.4, 0.5) is 4.39 Å². The van der Waals surface area contributed by atoms with Crippen molar-refractivity contribution in [2.45, 2.75) is 19.5 Å². The molecule has 18 heavy (non-hydrogen) atoms. The molecule has 1 atom stereocenters. The molecular formula is C13H15FN2O2. The molecule has 0 amide bonds. The van der Waals surface area contributed by atoms with E-state index in [0.717, 1.165) is 11.3 Å². The van der Waals surface area contributed by atoms with Crippen LogP contribution in [-0.4, -0.2) is 12.1 Å². The molecule has 1 heterocycles. The second-order valence-electron chi connectivity index (χ2n) is 3.96. The van der Waals surface area contributed by atoms with E-state index in [-0.39, 0.29) is 11.9 Å². The number of halogens is 1. The van der Waals surface area contributed by atoms with Crippen LogP contribution in [0.3, 0.4) is 0 Å². The van der Waals surface area contributed by atoms with Gasteiger partial charge < -0.3 is 14.5 Å². The number of hydrogen-bond donors (Lipinski definition) is 1. The summed E-state index contributed by atoms with van der Waals surface area (Å²) in [5.41, 5.74) is 0.775. The van der Waals surface area contributed by atoms with Gasteiger partial charge in [-0.05, 0) is 25.1 Å². The zero-order chi connectivity index (χ0) is 13.0. The smallest absolute Gasteiger partial charge is 0.180 e. The van der Waals surface area contributed by atoms with Crippen LogP contribution in [-0.2, 0) is 6.54 Å². The van der Waals surface area contributed by atoms with Crippen LogP contribution in [0.2, 0.25) is 0 Å². The molecular weight excluding hydrogens is 235 g/mol. The number of benzene rings is 1. The Morgan fingerprint density at radius 2 is 2.33 bits per heavy atom. The van der Waals surface area contributed by atoms with Crippen molar-refractivity contribution in [3.63, 3.8) is 0 Å². The van der Waals surface area contributed by atoms with E-state index < -0.39 is 0 Å². The average Bonchev–Trinajstić information content (AvgIpc) is 2.89. The molecule has 1 aromatic carbocycles. The topological polar surface area (TPSA) is 47.3 Å². The minimum atomic E-state index is -0.279. The number of hydrogen-bond acceptors (Lipinski definition) is 4. The molecule has 0 aliphatic carbocycles. The van der Waals surface area contributed by atoms with Crippen molar-refractivity contribution >= 4 is 0 Å². The first-order valence-corrected chi connectivity index (χ1v) is 5.65. The van der Waals surface area contributed by atoms with E-state index in [1.54, 1.807) is 19.4 Å². The van der Waals surface area contributed by atoms with Gasteiger partial charge in [0.25, 0.3) is 0 Å². The zero-order valence-electron chi connectivity index (χ0n) is 10.3. The number of nitrogens with one attached hydrogen (secondary N) is 1. The molecule has 0 spiro atoms. The standard InChI is InChI=1S/C13H15FN2O2/c1-9(16-7-11-6-15-8-18-11)12-5-10(14)3-4-13(12)17-2/h3-6,8-9,16H,7H2,1-2H3. The van der Waals surface area contributed by atoms with Crippen molar-refractivity contribution < 1.29 is 13.5 Å². The molecule has 1 unspecified atom stereocenters. The lowest BCUT2D eigenvalue weighted by molar-refractivity contribution is 0.396. The Morgan fingerprint density at radius 1 is 1.50 bits per heavy atom. The van der Waals surface area contributed by atoms with Gasteiger partial charge in [0.05, 0.1) is 19.9 Å². The molecule has 0 fully saturated rings. The predicted molar refractivity (Wildman–Crippen MR) is 64.7 cm³/mol. The first-order valence-electron chi connectivity index (χ1n) is 5.65. The summed E-state index contributed by atoms with van der Waals surface area (Å²) in [6.45, 7) is 2.47. The third-order valence-electron chi connectivity index (χ3n) is 2.72. The molecule has 0 aliphatic rings.